The quantitative estimate of drug-likeness (QED) is 0.926. The molecule has 1 aromatic carbocycles. The van der Waals surface area contributed by atoms with Crippen molar-refractivity contribution in [2.45, 2.75) is 31.2 Å². The van der Waals surface area contributed by atoms with Gasteiger partial charge in [0.25, 0.3) is 0 Å². The van der Waals surface area contributed by atoms with E-state index in [0.717, 1.165) is 49.4 Å². The smallest absolute Gasteiger partial charge is 0.234 e. The Morgan fingerprint density at radius 1 is 1.27 bits per heavy atom. The van der Waals surface area contributed by atoms with Crippen LogP contribution in [-0.2, 0) is 15.1 Å². The summed E-state index contributed by atoms with van der Waals surface area (Å²) < 4.78 is 5.33. The summed E-state index contributed by atoms with van der Waals surface area (Å²) in [5, 5.41) is 4.03. The summed E-state index contributed by atoms with van der Waals surface area (Å²) in [4.78, 5) is 14.7. The average molecular weight is 323 g/mol. The lowest BCUT2D eigenvalue weighted by molar-refractivity contribution is -0.125. The third-order valence-electron chi connectivity index (χ3n) is 4.68. The molecule has 120 valence electrons. The number of nitrogens with one attached hydrogen (secondary N) is 1. The Hall–Kier alpha value is -1.10. The largest absolute Gasteiger partial charge is 0.379 e. The van der Waals surface area contributed by atoms with E-state index in [1.54, 1.807) is 0 Å². The summed E-state index contributed by atoms with van der Waals surface area (Å²) in [5.74, 6) is 0.101. The predicted molar refractivity (Wildman–Crippen MR) is 87.0 cm³/mol. The number of rotatable bonds is 4. The van der Waals surface area contributed by atoms with E-state index in [1.807, 2.05) is 18.2 Å². The molecule has 1 N–H and O–H groups in total. The van der Waals surface area contributed by atoms with Crippen molar-refractivity contribution in [2.24, 2.45) is 0 Å². The second kappa shape index (κ2) is 6.99. The Kier molecular flexibility index (Phi) is 5.01. The maximum Gasteiger partial charge on any atom is 0.234 e. The van der Waals surface area contributed by atoms with Crippen LogP contribution >= 0.6 is 11.6 Å². The van der Waals surface area contributed by atoms with Gasteiger partial charge in [-0.15, -0.1) is 0 Å². The number of hydrogen-bond donors (Lipinski definition) is 1. The van der Waals surface area contributed by atoms with Gasteiger partial charge in [-0.2, -0.15) is 0 Å². The van der Waals surface area contributed by atoms with Gasteiger partial charge in [0.2, 0.25) is 5.91 Å². The number of benzene rings is 1. The van der Waals surface area contributed by atoms with Gasteiger partial charge in [0.1, 0.15) is 0 Å². The fraction of sp³-hybridized carbons (Fsp3) is 0.588. The van der Waals surface area contributed by atoms with Gasteiger partial charge in [-0.05, 0) is 30.5 Å². The van der Waals surface area contributed by atoms with Crippen LogP contribution in [0.3, 0.4) is 0 Å². The highest BCUT2D eigenvalue weighted by Crippen LogP contribution is 2.39. The van der Waals surface area contributed by atoms with Gasteiger partial charge in [0.15, 0.2) is 0 Å². The first kappa shape index (κ1) is 15.8. The first-order valence-electron chi connectivity index (χ1n) is 8.05. The maximum absolute atomic E-state index is 12.5. The molecular formula is C17H23ClN2O2. The summed E-state index contributed by atoms with van der Waals surface area (Å²) in [6, 6.07) is 7.91. The maximum atomic E-state index is 12.5. The fourth-order valence-electron chi connectivity index (χ4n) is 3.52. The van der Waals surface area contributed by atoms with Crippen LogP contribution in [-0.4, -0.2) is 43.7 Å². The number of hydrogen-bond acceptors (Lipinski definition) is 3. The minimum Gasteiger partial charge on any atom is -0.379 e. The zero-order valence-electron chi connectivity index (χ0n) is 12.8. The van der Waals surface area contributed by atoms with E-state index in [4.69, 9.17) is 16.3 Å². The average Bonchev–Trinajstić information content (AvgIpc) is 2.98. The van der Waals surface area contributed by atoms with Crippen molar-refractivity contribution in [3.8, 4) is 0 Å². The third-order valence-corrected chi connectivity index (χ3v) is 4.92. The van der Waals surface area contributed by atoms with E-state index in [1.165, 1.54) is 0 Å². The number of ether oxygens (including phenoxy) is 1. The second-order valence-electron chi connectivity index (χ2n) is 6.24. The van der Waals surface area contributed by atoms with Gasteiger partial charge < -0.3 is 10.1 Å². The molecule has 3 rings (SSSR count). The summed E-state index contributed by atoms with van der Waals surface area (Å²) in [6.07, 6.45) is 4.26. The lowest BCUT2D eigenvalue weighted by Crippen LogP contribution is -2.49. The number of carbonyl (C=O) groups excluding carboxylic acids is 1. The minimum absolute atomic E-state index is 0.101. The molecule has 0 aromatic heterocycles. The highest BCUT2D eigenvalue weighted by Gasteiger charge is 2.37. The zero-order valence-corrected chi connectivity index (χ0v) is 13.6. The summed E-state index contributed by atoms with van der Waals surface area (Å²) in [5.41, 5.74) is 0.890. The van der Waals surface area contributed by atoms with Gasteiger partial charge in [-0.3, -0.25) is 9.69 Å². The molecular weight excluding hydrogens is 300 g/mol. The normalized spacial score (nSPS) is 21.7. The van der Waals surface area contributed by atoms with Crippen LogP contribution in [0.5, 0.6) is 0 Å². The first-order chi connectivity index (χ1) is 10.7. The molecule has 0 spiro atoms. The molecule has 0 atom stereocenters. The van der Waals surface area contributed by atoms with Crippen LogP contribution in [0.15, 0.2) is 24.3 Å². The number of morpholine rings is 1. The highest BCUT2D eigenvalue weighted by atomic mass is 35.5. The highest BCUT2D eigenvalue weighted by molar-refractivity contribution is 6.30. The number of carbonyl (C=O) groups is 1. The molecule has 0 bridgehead atoms. The van der Waals surface area contributed by atoms with Gasteiger partial charge in [-0.25, -0.2) is 0 Å². The van der Waals surface area contributed by atoms with Crippen LogP contribution in [0.1, 0.15) is 31.2 Å². The Morgan fingerprint density at radius 2 is 2.00 bits per heavy atom. The van der Waals surface area contributed by atoms with E-state index in [0.29, 0.717) is 19.8 Å². The predicted octanol–water partition coefficient (Wildman–Crippen LogP) is 2.56. The Bertz CT molecular complexity index is 523. The van der Waals surface area contributed by atoms with Gasteiger partial charge >= 0.3 is 0 Å². The molecule has 1 amide bonds. The van der Waals surface area contributed by atoms with Crippen molar-refractivity contribution >= 4 is 17.5 Å². The van der Waals surface area contributed by atoms with Crippen molar-refractivity contribution in [1.82, 2.24) is 10.2 Å². The zero-order chi connectivity index (χ0) is 15.4. The standard InChI is InChI=1S/C17H23ClN2O2/c18-15-5-3-4-14(12-15)17(6-1-2-7-17)19-16(21)13-20-8-10-22-11-9-20/h3-5,12H,1-2,6-11,13H2,(H,19,21). The van der Waals surface area contributed by atoms with Crippen LogP contribution in [0.2, 0.25) is 5.02 Å². The van der Waals surface area contributed by atoms with Crippen molar-refractivity contribution in [3.63, 3.8) is 0 Å². The molecule has 1 heterocycles. The Labute approximate surface area is 136 Å². The molecule has 4 nitrogen and oxygen atoms in total. The van der Waals surface area contributed by atoms with Gasteiger partial charge in [-0.1, -0.05) is 36.6 Å². The molecule has 22 heavy (non-hydrogen) atoms. The Morgan fingerprint density at radius 3 is 2.68 bits per heavy atom. The molecule has 0 radical (unpaired) electrons. The number of halogens is 1. The van der Waals surface area contributed by atoms with E-state index in [-0.39, 0.29) is 11.4 Å². The minimum atomic E-state index is -0.242. The molecule has 2 fully saturated rings. The van der Waals surface area contributed by atoms with E-state index in [2.05, 4.69) is 16.3 Å². The fourth-order valence-corrected chi connectivity index (χ4v) is 3.71. The first-order valence-corrected chi connectivity index (χ1v) is 8.43. The number of amides is 1. The van der Waals surface area contributed by atoms with E-state index >= 15 is 0 Å². The van der Waals surface area contributed by atoms with Crippen molar-refractivity contribution < 1.29 is 9.53 Å². The molecule has 5 heteroatoms. The molecule has 1 aromatic rings. The van der Waals surface area contributed by atoms with Gasteiger partial charge in [0, 0.05) is 18.1 Å². The van der Waals surface area contributed by atoms with Gasteiger partial charge in [0.05, 0.1) is 25.3 Å². The second-order valence-corrected chi connectivity index (χ2v) is 6.67. The molecule has 1 saturated carbocycles. The summed E-state index contributed by atoms with van der Waals surface area (Å²) in [6.45, 7) is 3.54. The van der Waals surface area contributed by atoms with Crippen LogP contribution in [0.25, 0.3) is 0 Å². The van der Waals surface area contributed by atoms with Crippen LogP contribution < -0.4 is 5.32 Å². The lowest BCUT2D eigenvalue weighted by Gasteiger charge is -2.33. The van der Waals surface area contributed by atoms with Crippen LogP contribution in [0, 0.1) is 0 Å². The van der Waals surface area contributed by atoms with E-state index in [9.17, 15) is 4.79 Å². The van der Waals surface area contributed by atoms with E-state index < -0.39 is 0 Å². The molecule has 1 saturated heterocycles. The lowest BCUT2D eigenvalue weighted by atomic mass is 9.88. The van der Waals surface area contributed by atoms with Crippen molar-refractivity contribution in [2.75, 3.05) is 32.8 Å². The van der Waals surface area contributed by atoms with Crippen LogP contribution in [0.4, 0.5) is 0 Å². The Balaban J connectivity index is 1.70. The summed E-state index contributed by atoms with van der Waals surface area (Å²) in [7, 11) is 0. The topological polar surface area (TPSA) is 41.6 Å². The molecule has 1 aliphatic carbocycles. The molecule has 2 aliphatic rings. The monoisotopic (exact) mass is 322 g/mol. The van der Waals surface area contributed by atoms with Crippen molar-refractivity contribution in [3.05, 3.63) is 34.9 Å². The van der Waals surface area contributed by atoms with Crippen molar-refractivity contribution in [1.29, 1.82) is 0 Å². The SMILES string of the molecule is O=C(CN1CCOCC1)NC1(c2cccc(Cl)c2)CCCC1. The number of nitrogens with zero attached hydrogens (tertiary/aromatic N) is 1. The molecule has 1 aliphatic heterocycles. The molecule has 0 unspecified atom stereocenters. The third kappa shape index (κ3) is 3.62. The summed E-state index contributed by atoms with van der Waals surface area (Å²) >= 11 is 6.14.